The molecule has 1 amide bonds. The van der Waals surface area contributed by atoms with Gasteiger partial charge in [-0.1, -0.05) is 30.3 Å². The summed E-state index contributed by atoms with van der Waals surface area (Å²) < 4.78 is 1.75. The molecule has 0 saturated carbocycles. The van der Waals surface area contributed by atoms with Crippen molar-refractivity contribution in [3.8, 4) is 16.9 Å². The SMILES string of the molecule is CN(Cc1ccc(N(C)C)cc1)C(=O)c1cn(-c2ccccc2)nc1-c1cccnc1. The molecule has 0 atom stereocenters. The summed E-state index contributed by atoms with van der Waals surface area (Å²) in [6.07, 6.45) is 5.24. The second-order valence-corrected chi connectivity index (χ2v) is 7.64. The minimum absolute atomic E-state index is 0.0854. The first-order valence-corrected chi connectivity index (χ1v) is 10.1. The first-order valence-electron chi connectivity index (χ1n) is 10.1. The Morgan fingerprint density at radius 2 is 1.68 bits per heavy atom. The van der Waals surface area contributed by atoms with Crippen LogP contribution in [0.1, 0.15) is 15.9 Å². The average Bonchev–Trinajstić information content (AvgIpc) is 3.25. The van der Waals surface area contributed by atoms with Crippen LogP contribution in [0.3, 0.4) is 0 Å². The highest BCUT2D eigenvalue weighted by Gasteiger charge is 2.22. The van der Waals surface area contributed by atoms with Gasteiger partial charge in [-0.15, -0.1) is 0 Å². The van der Waals surface area contributed by atoms with Crippen LogP contribution in [0.5, 0.6) is 0 Å². The molecule has 6 heteroatoms. The number of hydrogen-bond acceptors (Lipinski definition) is 4. The molecule has 156 valence electrons. The number of para-hydroxylation sites is 1. The number of nitrogens with zero attached hydrogens (tertiary/aromatic N) is 5. The minimum Gasteiger partial charge on any atom is -0.378 e. The van der Waals surface area contributed by atoms with Crippen molar-refractivity contribution in [1.29, 1.82) is 0 Å². The molecule has 4 aromatic rings. The van der Waals surface area contributed by atoms with Crippen LogP contribution in [-0.4, -0.2) is 46.7 Å². The fourth-order valence-corrected chi connectivity index (χ4v) is 3.41. The number of rotatable bonds is 6. The third-order valence-corrected chi connectivity index (χ3v) is 5.12. The molecule has 2 aromatic heterocycles. The maximum absolute atomic E-state index is 13.4. The second-order valence-electron chi connectivity index (χ2n) is 7.64. The van der Waals surface area contributed by atoms with Crippen molar-refractivity contribution >= 4 is 11.6 Å². The van der Waals surface area contributed by atoms with Crippen molar-refractivity contribution in [2.24, 2.45) is 0 Å². The van der Waals surface area contributed by atoms with E-state index in [1.165, 1.54) is 0 Å². The molecule has 4 rings (SSSR count). The molecule has 6 nitrogen and oxygen atoms in total. The van der Waals surface area contributed by atoms with E-state index >= 15 is 0 Å². The number of pyridine rings is 1. The van der Waals surface area contributed by atoms with Crippen LogP contribution in [-0.2, 0) is 6.54 Å². The quantitative estimate of drug-likeness (QED) is 0.475. The Morgan fingerprint density at radius 3 is 2.32 bits per heavy atom. The molecule has 0 bridgehead atoms. The summed E-state index contributed by atoms with van der Waals surface area (Å²) >= 11 is 0. The highest BCUT2D eigenvalue weighted by Crippen LogP contribution is 2.25. The van der Waals surface area contributed by atoms with Crippen molar-refractivity contribution in [3.63, 3.8) is 0 Å². The van der Waals surface area contributed by atoms with Crippen molar-refractivity contribution in [3.05, 3.63) is 96.4 Å². The lowest BCUT2D eigenvalue weighted by atomic mass is 10.1. The maximum atomic E-state index is 13.4. The molecule has 0 saturated heterocycles. The summed E-state index contributed by atoms with van der Waals surface area (Å²) in [6, 6.07) is 21.8. The van der Waals surface area contributed by atoms with Crippen LogP contribution in [0.2, 0.25) is 0 Å². The van der Waals surface area contributed by atoms with Crippen LogP contribution in [0.15, 0.2) is 85.3 Å². The Balaban J connectivity index is 1.65. The fourth-order valence-electron chi connectivity index (χ4n) is 3.41. The number of carbonyl (C=O) groups is 1. The summed E-state index contributed by atoms with van der Waals surface area (Å²) in [7, 11) is 5.83. The molecule has 0 N–H and O–H groups in total. The maximum Gasteiger partial charge on any atom is 0.257 e. The molecule has 0 aliphatic heterocycles. The Hall–Kier alpha value is -3.93. The molecule has 0 aliphatic carbocycles. The van der Waals surface area contributed by atoms with Gasteiger partial charge in [-0.05, 0) is 42.0 Å². The average molecular weight is 412 g/mol. The highest BCUT2D eigenvalue weighted by atomic mass is 16.2. The summed E-state index contributed by atoms with van der Waals surface area (Å²) in [5, 5.41) is 4.72. The normalized spacial score (nSPS) is 10.7. The van der Waals surface area contributed by atoms with Crippen molar-refractivity contribution in [1.82, 2.24) is 19.7 Å². The minimum atomic E-state index is -0.0854. The number of aromatic nitrogens is 3. The lowest BCUT2D eigenvalue weighted by Gasteiger charge is -2.18. The predicted molar refractivity (Wildman–Crippen MR) is 123 cm³/mol. The van der Waals surface area contributed by atoms with Crippen LogP contribution in [0, 0.1) is 0 Å². The zero-order valence-corrected chi connectivity index (χ0v) is 17.9. The van der Waals surface area contributed by atoms with E-state index in [9.17, 15) is 4.79 Å². The van der Waals surface area contributed by atoms with E-state index in [2.05, 4.69) is 34.1 Å². The van der Waals surface area contributed by atoms with E-state index in [0.717, 1.165) is 22.5 Å². The molecule has 2 aromatic carbocycles. The van der Waals surface area contributed by atoms with Gasteiger partial charge in [0.25, 0.3) is 5.91 Å². The zero-order chi connectivity index (χ0) is 21.8. The van der Waals surface area contributed by atoms with Gasteiger partial charge in [-0.3, -0.25) is 9.78 Å². The Morgan fingerprint density at radius 1 is 0.935 bits per heavy atom. The van der Waals surface area contributed by atoms with Gasteiger partial charge in [-0.2, -0.15) is 5.10 Å². The third-order valence-electron chi connectivity index (χ3n) is 5.12. The van der Waals surface area contributed by atoms with E-state index in [-0.39, 0.29) is 5.91 Å². The topological polar surface area (TPSA) is 54.3 Å². The number of carbonyl (C=O) groups excluding carboxylic acids is 1. The molecule has 31 heavy (non-hydrogen) atoms. The summed E-state index contributed by atoms with van der Waals surface area (Å²) in [5.41, 5.74) is 5.07. The lowest BCUT2D eigenvalue weighted by Crippen LogP contribution is -2.26. The van der Waals surface area contributed by atoms with Gasteiger partial charge in [0, 0.05) is 57.5 Å². The Labute approximate surface area is 182 Å². The van der Waals surface area contributed by atoms with Gasteiger partial charge in [0.1, 0.15) is 5.69 Å². The van der Waals surface area contributed by atoms with Crippen LogP contribution < -0.4 is 4.90 Å². The molecule has 0 fully saturated rings. The molecule has 2 heterocycles. The summed E-state index contributed by atoms with van der Waals surface area (Å²) in [5.74, 6) is -0.0854. The summed E-state index contributed by atoms with van der Waals surface area (Å²) in [4.78, 5) is 21.4. The summed E-state index contributed by atoms with van der Waals surface area (Å²) in [6.45, 7) is 0.509. The smallest absolute Gasteiger partial charge is 0.257 e. The van der Waals surface area contributed by atoms with Gasteiger partial charge in [0.15, 0.2) is 0 Å². The first kappa shape index (κ1) is 20.3. The van der Waals surface area contributed by atoms with E-state index in [1.54, 1.807) is 28.2 Å². The highest BCUT2D eigenvalue weighted by molar-refractivity contribution is 5.99. The number of amides is 1. The predicted octanol–water partition coefficient (Wildman–Crippen LogP) is 4.27. The van der Waals surface area contributed by atoms with Crippen molar-refractivity contribution < 1.29 is 4.79 Å². The van der Waals surface area contributed by atoms with Crippen LogP contribution >= 0.6 is 0 Å². The molecule has 0 radical (unpaired) electrons. The Bertz CT molecular complexity index is 1150. The molecule has 0 unspecified atom stereocenters. The molecular weight excluding hydrogens is 386 g/mol. The fraction of sp³-hybridized carbons (Fsp3) is 0.160. The molecular formula is C25H25N5O. The largest absolute Gasteiger partial charge is 0.378 e. The van der Waals surface area contributed by atoms with Crippen molar-refractivity contribution in [2.45, 2.75) is 6.54 Å². The van der Waals surface area contributed by atoms with Gasteiger partial charge in [-0.25, -0.2) is 4.68 Å². The first-order chi connectivity index (χ1) is 15.0. The van der Waals surface area contributed by atoms with Crippen molar-refractivity contribution in [2.75, 3.05) is 26.0 Å². The monoisotopic (exact) mass is 411 g/mol. The standard InChI is InChI=1S/C25H25N5O/c1-28(2)21-13-11-19(12-14-21)17-29(3)25(31)23-18-30(22-9-5-4-6-10-22)27-24(23)20-8-7-15-26-16-20/h4-16,18H,17H2,1-3H3. The molecule has 0 spiro atoms. The number of hydrogen-bond donors (Lipinski definition) is 0. The molecule has 0 aliphatic rings. The zero-order valence-electron chi connectivity index (χ0n) is 17.9. The second kappa shape index (κ2) is 8.83. The van der Waals surface area contributed by atoms with E-state index in [1.807, 2.05) is 63.6 Å². The van der Waals surface area contributed by atoms with Gasteiger partial charge in [0.05, 0.1) is 11.3 Å². The third kappa shape index (κ3) is 4.48. The van der Waals surface area contributed by atoms with E-state index < -0.39 is 0 Å². The number of benzene rings is 2. The van der Waals surface area contributed by atoms with Gasteiger partial charge < -0.3 is 9.80 Å². The van der Waals surface area contributed by atoms with Crippen LogP contribution in [0.4, 0.5) is 5.69 Å². The van der Waals surface area contributed by atoms with Gasteiger partial charge >= 0.3 is 0 Å². The Kier molecular flexibility index (Phi) is 5.80. The van der Waals surface area contributed by atoms with Gasteiger partial charge in [0.2, 0.25) is 0 Å². The van der Waals surface area contributed by atoms with E-state index in [0.29, 0.717) is 17.8 Å². The lowest BCUT2D eigenvalue weighted by molar-refractivity contribution is 0.0786. The van der Waals surface area contributed by atoms with Crippen LogP contribution in [0.25, 0.3) is 16.9 Å². The number of anilines is 1. The van der Waals surface area contributed by atoms with E-state index in [4.69, 9.17) is 5.10 Å².